The first-order valence-corrected chi connectivity index (χ1v) is 27.6. The second kappa shape index (κ2) is 83.0. The number of carboxylic acid groups (broad SMARTS) is 5. The summed E-state index contributed by atoms with van der Waals surface area (Å²) in [4.78, 5) is 50.4. The van der Waals surface area contributed by atoms with Crippen LogP contribution in [0.5, 0.6) is 0 Å². The molecule has 0 heterocycles. The Bertz CT molecular complexity index is 865. The van der Waals surface area contributed by atoms with Crippen molar-refractivity contribution in [3.8, 4) is 0 Å². The molecule has 0 aromatic carbocycles. The molecule has 0 fully saturated rings. The minimum absolute atomic E-state index is 0.339. The second-order valence-corrected chi connectivity index (χ2v) is 17.6. The van der Waals surface area contributed by atoms with Gasteiger partial charge in [-0.25, -0.2) is 0 Å². The lowest BCUT2D eigenvalue weighted by Crippen LogP contribution is -2.15. The van der Waals surface area contributed by atoms with E-state index in [1.54, 1.807) is 0 Å². The van der Waals surface area contributed by atoms with Gasteiger partial charge in [0.15, 0.2) is 0 Å². The Labute approximate surface area is 441 Å². The minimum atomic E-state index is -0.954. The largest absolute Gasteiger partial charge is 0.481 e. The van der Waals surface area contributed by atoms with E-state index in [4.69, 9.17) is 71.5 Å². The first-order valence-electron chi connectivity index (χ1n) is 27.6. The second-order valence-electron chi connectivity index (χ2n) is 17.6. The van der Waals surface area contributed by atoms with Crippen LogP contribution in [0, 0.1) is 0 Å². The first-order chi connectivity index (χ1) is 34.8. The monoisotopic (exact) mass is 1070 g/mol. The van der Waals surface area contributed by atoms with Crippen LogP contribution in [-0.4, -0.2) is 159 Å². The van der Waals surface area contributed by atoms with Gasteiger partial charge in [-0.15, -0.1) is 0 Å². The Morgan fingerprint density at radius 1 is 0.233 bits per heavy atom. The number of hydrogen-bond donors (Lipinski definition) is 14. The van der Waals surface area contributed by atoms with E-state index < -0.39 is 48.2 Å². The standard InChI is InChI=1S/5C9H18O2.3C3H8O3/c5*1-2-3-4-5-6-7-8-9(10)11;3*4-1-3(6)2-5/h5*2-8H2,1H3,(H,10,11);3*3-6H,1-2H2. The Balaban J connectivity index is -0.000000112. The molecule has 73 heavy (non-hydrogen) atoms. The lowest BCUT2D eigenvalue weighted by atomic mass is 10.1. The summed E-state index contributed by atoms with van der Waals surface area (Å²) in [6.07, 6.45) is 33.4. The number of unbranched alkanes of at least 4 members (excludes halogenated alkanes) is 25. The van der Waals surface area contributed by atoms with Gasteiger partial charge in [0.25, 0.3) is 0 Å². The number of aliphatic hydroxyl groups excluding tert-OH is 9. The van der Waals surface area contributed by atoms with E-state index in [1.165, 1.54) is 128 Å². The average Bonchev–Trinajstić information content (AvgIpc) is 3.37. The lowest BCUT2D eigenvalue weighted by molar-refractivity contribution is -0.138. The summed E-state index contributed by atoms with van der Waals surface area (Å²) >= 11 is 0. The number of hydrogen-bond acceptors (Lipinski definition) is 14. The fraction of sp³-hybridized carbons (Fsp3) is 0.907. The van der Waals surface area contributed by atoms with Crippen molar-refractivity contribution in [2.45, 2.75) is 278 Å². The van der Waals surface area contributed by atoms with Gasteiger partial charge in [0.2, 0.25) is 0 Å². The van der Waals surface area contributed by atoms with Crippen LogP contribution >= 0.6 is 0 Å². The van der Waals surface area contributed by atoms with Crippen molar-refractivity contribution in [1.29, 1.82) is 0 Å². The third-order valence-electron chi connectivity index (χ3n) is 9.99. The predicted octanol–water partition coefficient (Wildman–Crippen LogP) is 9.10. The summed E-state index contributed by atoms with van der Waals surface area (Å²) in [5, 5.41) is 114. The number of aliphatic carboxylic acids is 5. The molecule has 0 unspecified atom stereocenters. The van der Waals surface area contributed by atoms with E-state index in [9.17, 15) is 24.0 Å². The van der Waals surface area contributed by atoms with Gasteiger partial charge in [0, 0.05) is 32.1 Å². The van der Waals surface area contributed by atoms with Crippen molar-refractivity contribution >= 4 is 29.8 Å². The van der Waals surface area contributed by atoms with Crippen molar-refractivity contribution in [3.63, 3.8) is 0 Å². The highest BCUT2D eigenvalue weighted by Gasteiger charge is 2.00. The van der Waals surface area contributed by atoms with Crippen LogP contribution in [0.3, 0.4) is 0 Å². The van der Waals surface area contributed by atoms with Crippen molar-refractivity contribution in [2.75, 3.05) is 39.6 Å². The van der Waals surface area contributed by atoms with E-state index in [0.717, 1.165) is 64.2 Å². The molecule has 444 valence electrons. The maximum Gasteiger partial charge on any atom is 0.303 e. The van der Waals surface area contributed by atoms with Crippen LogP contribution in [0.1, 0.15) is 259 Å². The third kappa shape index (κ3) is 129. The smallest absolute Gasteiger partial charge is 0.303 e. The molecule has 0 rings (SSSR count). The topological polar surface area (TPSA) is 369 Å². The number of carboxylic acids is 5. The van der Waals surface area contributed by atoms with Gasteiger partial charge in [-0.3, -0.25) is 24.0 Å². The molecular weight excluding hydrogens is 953 g/mol. The Morgan fingerprint density at radius 3 is 0.425 bits per heavy atom. The molecule has 0 saturated heterocycles. The van der Waals surface area contributed by atoms with Gasteiger partial charge in [-0.1, -0.05) is 195 Å². The van der Waals surface area contributed by atoms with Crippen LogP contribution < -0.4 is 0 Å². The van der Waals surface area contributed by atoms with Crippen LogP contribution in [0.2, 0.25) is 0 Å². The summed E-state index contributed by atoms with van der Waals surface area (Å²) < 4.78 is 0. The minimum Gasteiger partial charge on any atom is -0.481 e. The maximum atomic E-state index is 10.1. The summed E-state index contributed by atoms with van der Waals surface area (Å²) in [6.45, 7) is 8.70. The van der Waals surface area contributed by atoms with Crippen molar-refractivity contribution in [3.05, 3.63) is 0 Å². The van der Waals surface area contributed by atoms with Gasteiger partial charge in [-0.05, 0) is 32.1 Å². The average molecular weight is 1070 g/mol. The molecule has 0 aliphatic carbocycles. The normalized spacial score (nSPS) is 9.93. The van der Waals surface area contributed by atoms with Crippen molar-refractivity contribution in [1.82, 2.24) is 0 Å². The molecule has 0 amide bonds. The van der Waals surface area contributed by atoms with Gasteiger partial charge >= 0.3 is 29.8 Å². The van der Waals surface area contributed by atoms with Crippen molar-refractivity contribution in [2.24, 2.45) is 0 Å². The number of carbonyl (C=O) groups is 5. The van der Waals surface area contributed by atoms with Crippen LogP contribution in [0.4, 0.5) is 0 Å². The molecule has 0 aromatic heterocycles. The highest BCUT2D eigenvalue weighted by atomic mass is 16.4. The number of rotatable bonds is 41. The maximum absolute atomic E-state index is 10.1. The van der Waals surface area contributed by atoms with E-state index in [0.29, 0.717) is 32.1 Å². The van der Waals surface area contributed by atoms with Crippen molar-refractivity contribution < 1.29 is 95.5 Å². The molecule has 0 bridgehead atoms. The quantitative estimate of drug-likeness (QED) is 0.0254. The molecule has 0 aliphatic rings. The highest BCUT2D eigenvalue weighted by Crippen LogP contribution is 2.09. The summed E-state index contributed by atoms with van der Waals surface area (Å²) in [5.74, 6) is -3.33. The zero-order valence-electron chi connectivity index (χ0n) is 46.5. The molecule has 0 radical (unpaired) electrons. The summed E-state index contributed by atoms with van der Waals surface area (Å²) in [7, 11) is 0. The van der Waals surface area contributed by atoms with E-state index in [1.807, 2.05) is 0 Å². The molecular formula is C54H114O19. The predicted molar refractivity (Wildman–Crippen MR) is 289 cm³/mol. The van der Waals surface area contributed by atoms with E-state index >= 15 is 0 Å². The Hall–Kier alpha value is -3.01. The summed E-state index contributed by atoms with van der Waals surface area (Å²) in [6, 6.07) is 0. The van der Waals surface area contributed by atoms with Crippen LogP contribution in [-0.2, 0) is 24.0 Å². The van der Waals surface area contributed by atoms with E-state index in [2.05, 4.69) is 34.6 Å². The number of aliphatic hydroxyl groups is 9. The molecule has 0 atom stereocenters. The molecule has 0 aromatic rings. The summed E-state index contributed by atoms with van der Waals surface area (Å²) in [5.41, 5.74) is 0. The molecule has 14 N–H and O–H groups in total. The Kier molecular flexibility index (Phi) is 98.6. The Morgan fingerprint density at radius 2 is 0.342 bits per heavy atom. The SMILES string of the molecule is CCCCCCCCC(=O)O.CCCCCCCCC(=O)O.CCCCCCCCC(=O)O.CCCCCCCCC(=O)O.CCCCCCCCC(=O)O.OCC(O)CO.OCC(O)CO.OCC(O)CO. The zero-order valence-corrected chi connectivity index (χ0v) is 46.5. The fourth-order valence-electron chi connectivity index (χ4n) is 5.46. The van der Waals surface area contributed by atoms with E-state index in [-0.39, 0.29) is 39.6 Å². The van der Waals surface area contributed by atoms with Gasteiger partial charge in [-0.2, -0.15) is 0 Å². The first kappa shape index (κ1) is 86.7. The molecule has 19 nitrogen and oxygen atoms in total. The molecule has 19 heteroatoms. The molecule has 0 spiro atoms. The highest BCUT2D eigenvalue weighted by molar-refractivity contribution is 5.67. The van der Waals surface area contributed by atoms with Crippen LogP contribution in [0.15, 0.2) is 0 Å². The van der Waals surface area contributed by atoms with Gasteiger partial charge in [0.05, 0.1) is 39.6 Å². The van der Waals surface area contributed by atoms with Crippen LogP contribution in [0.25, 0.3) is 0 Å². The van der Waals surface area contributed by atoms with Gasteiger partial charge < -0.3 is 71.5 Å². The third-order valence-corrected chi connectivity index (χ3v) is 9.99. The lowest BCUT2D eigenvalue weighted by Gasteiger charge is -1.97. The van der Waals surface area contributed by atoms with Gasteiger partial charge in [0.1, 0.15) is 18.3 Å². The fourth-order valence-corrected chi connectivity index (χ4v) is 5.46. The molecule has 0 saturated carbocycles. The molecule has 0 aliphatic heterocycles. The zero-order chi connectivity index (χ0) is 57.6.